The van der Waals surface area contributed by atoms with Crippen molar-refractivity contribution in [2.24, 2.45) is 5.92 Å². The van der Waals surface area contributed by atoms with Crippen molar-refractivity contribution < 1.29 is 19.1 Å². The molecule has 0 saturated heterocycles. The number of rotatable bonds is 2. The molecule has 0 spiro atoms. The van der Waals surface area contributed by atoms with Gasteiger partial charge in [-0.05, 0) is 37.3 Å². The van der Waals surface area contributed by atoms with E-state index in [2.05, 4.69) is 25.1 Å². The summed E-state index contributed by atoms with van der Waals surface area (Å²) in [4.78, 5) is 23.7. The number of ketones is 1. The van der Waals surface area contributed by atoms with E-state index in [1.165, 1.54) is 23.0 Å². The molecule has 4 rings (SSSR count). The largest absolute Gasteiger partial charge is 0.458 e. The molecule has 1 fully saturated rings. The van der Waals surface area contributed by atoms with Crippen molar-refractivity contribution in [3.8, 4) is 0 Å². The van der Waals surface area contributed by atoms with Crippen molar-refractivity contribution in [2.75, 3.05) is 0 Å². The Morgan fingerprint density at radius 1 is 1.17 bits per heavy atom. The predicted molar refractivity (Wildman–Crippen MR) is 83.5 cm³/mol. The molecule has 4 nitrogen and oxygen atoms in total. The van der Waals surface area contributed by atoms with Crippen LogP contribution in [0.4, 0.5) is 0 Å². The minimum atomic E-state index is -0.715. The maximum Gasteiger partial charge on any atom is 0.336 e. The fourth-order valence-corrected chi connectivity index (χ4v) is 3.81. The van der Waals surface area contributed by atoms with Gasteiger partial charge < -0.3 is 9.47 Å². The van der Waals surface area contributed by atoms with Crippen molar-refractivity contribution in [1.82, 2.24) is 0 Å². The Balaban J connectivity index is 1.56. The van der Waals surface area contributed by atoms with Gasteiger partial charge in [0.2, 0.25) is 0 Å². The molecule has 2 aliphatic carbocycles. The van der Waals surface area contributed by atoms with Crippen LogP contribution in [0.15, 0.2) is 41.7 Å². The SMILES string of the molecule is CC1=C[C@@H](O/C=C2/C(=O)C[C@@H]3c4cc(C)ccc4C[C@H]23)OC1=O. The molecular weight excluding hydrogens is 292 g/mol. The number of hydrogen-bond donors (Lipinski definition) is 0. The normalized spacial score (nSPS) is 30.3. The maximum atomic E-state index is 12.3. The van der Waals surface area contributed by atoms with E-state index in [-0.39, 0.29) is 23.6 Å². The Kier molecular flexibility index (Phi) is 3.15. The fourth-order valence-electron chi connectivity index (χ4n) is 3.81. The van der Waals surface area contributed by atoms with Gasteiger partial charge in [0.1, 0.15) is 0 Å². The zero-order valence-corrected chi connectivity index (χ0v) is 13.2. The van der Waals surface area contributed by atoms with Gasteiger partial charge in [0.25, 0.3) is 6.29 Å². The third-order valence-electron chi connectivity index (χ3n) is 5.01. The van der Waals surface area contributed by atoms with Gasteiger partial charge in [-0.3, -0.25) is 4.79 Å². The summed E-state index contributed by atoms with van der Waals surface area (Å²) in [5, 5.41) is 0. The van der Waals surface area contributed by atoms with Crippen molar-refractivity contribution in [3.63, 3.8) is 0 Å². The molecule has 0 unspecified atom stereocenters. The smallest absolute Gasteiger partial charge is 0.336 e. The lowest BCUT2D eigenvalue weighted by Crippen LogP contribution is -2.11. The highest BCUT2D eigenvalue weighted by Gasteiger charge is 2.44. The second kappa shape index (κ2) is 5.08. The van der Waals surface area contributed by atoms with Crippen LogP contribution in [0, 0.1) is 12.8 Å². The fraction of sp³-hybridized carbons (Fsp3) is 0.368. The van der Waals surface area contributed by atoms with Crippen LogP contribution in [-0.4, -0.2) is 18.0 Å². The van der Waals surface area contributed by atoms with E-state index >= 15 is 0 Å². The number of carbonyl (C=O) groups is 2. The predicted octanol–water partition coefficient (Wildman–Crippen LogP) is 2.95. The van der Waals surface area contributed by atoms with E-state index in [9.17, 15) is 9.59 Å². The van der Waals surface area contributed by atoms with E-state index in [1.807, 2.05) is 0 Å². The highest BCUT2D eigenvalue weighted by molar-refractivity contribution is 5.99. The standard InChI is InChI=1S/C19H18O4/c1-10-3-4-12-7-14-15(13(12)5-10)8-17(20)16(14)9-22-18-6-11(2)19(21)23-18/h3-6,9,14-15,18H,7-8H2,1-2H3/b16-9+/t14-,15+,18-/m0/s1. The van der Waals surface area contributed by atoms with E-state index in [1.54, 1.807) is 13.0 Å². The monoisotopic (exact) mass is 310 g/mol. The number of cyclic esters (lactones) is 1. The third-order valence-corrected chi connectivity index (χ3v) is 5.01. The van der Waals surface area contributed by atoms with Gasteiger partial charge in [-0.2, -0.15) is 0 Å². The number of fused-ring (bicyclic) bond motifs is 3. The molecule has 1 aromatic rings. The van der Waals surface area contributed by atoms with Crippen LogP contribution in [-0.2, 0) is 25.5 Å². The lowest BCUT2D eigenvalue weighted by Gasteiger charge is -2.12. The van der Waals surface area contributed by atoms with Gasteiger partial charge in [0.15, 0.2) is 5.78 Å². The first-order valence-electron chi connectivity index (χ1n) is 7.90. The molecule has 1 aliphatic heterocycles. The summed E-state index contributed by atoms with van der Waals surface area (Å²) in [5.41, 5.74) is 5.11. The second-order valence-electron chi connectivity index (χ2n) is 6.58. The average molecular weight is 310 g/mol. The van der Waals surface area contributed by atoms with Gasteiger partial charge in [0.05, 0.1) is 6.26 Å². The molecule has 3 aliphatic rings. The Bertz CT molecular complexity index is 772. The average Bonchev–Trinajstić information content (AvgIpc) is 3.10. The van der Waals surface area contributed by atoms with Crippen LogP contribution >= 0.6 is 0 Å². The van der Waals surface area contributed by atoms with Crippen molar-refractivity contribution in [2.45, 2.75) is 38.9 Å². The number of benzene rings is 1. The molecule has 3 atom stereocenters. The minimum Gasteiger partial charge on any atom is -0.458 e. The van der Waals surface area contributed by atoms with Gasteiger partial charge in [0, 0.05) is 29.6 Å². The molecule has 23 heavy (non-hydrogen) atoms. The quantitative estimate of drug-likeness (QED) is 0.479. The summed E-state index contributed by atoms with van der Waals surface area (Å²) in [6.45, 7) is 3.76. The summed E-state index contributed by atoms with van der Waals surface area (Å²) < 4.78 is 10.6. The highest BCUT2D eigenvalue weighted by Crippen LogP contribution is 2.49. The van der Waals surface area contributed by atoms with Crippen molar-refractivity contribution in [1.29, 1.82) is 0 Å². The first-order valence-corrected chi connectivity index (χ1v) is 7.90. The molecule has 1 saturated carbocycles. The number of aryl methyl sites for hydroxylation is 1. The Morgan fingerprint density at radius 2 is 2.00 bits per heavy atom. The van der Waals surface area contributed by atoms with E-state index < -0.39 is 6.29 Å². The number of allylic oxidation sites excluding steroid dienone is 1. The highest BCUT2D eigenvalue weighted by atomic mass is 16.7. The molecular formula is C19H18O4. The summed E-state index contributed by atoms with van der Waals surface area (Å²) in [6, 6.07) is 6.48. The molecule has 0 bridgehead atoms. The number of carbonyl (C=O) groups excluding carboxylic acids is 2. The summed E-state index contributed by atoms with van der Waals surface area (Å²) in [6.07, 6.45) is 3.84. The molecule has 1 aromatic carbocycles. The van der Waals surface area contributed by atoms with Crippen molar-refractivity contribution >= 4 is 11.8 Å². The molecule has 0 radical (unpaired) electrons. The lowest BCUT2D eigenvalue weighted by molar-refractivity contribution is -0.152. The minimum absolute atomic E-state index is 0.136. The second-order valence-corrected chi connectivity index (χ2v) is 6.58. The molecule has 118 valence electrons. The van der Waals surface area contributed by atoms with Gasteiger partial charge in [-0.1, -0.05) is 23.8 Å². The first-order chi connectivity index (χ1) is 11.0. The van der Waals surface area contributed by atoms with Crippen LogP contribution in [0.25, 0.3) is 0 Å². The number of esters is 1. The Hall–Kier alpha value is -2.36. The number of Topliss-reactive ketones (excluding diaryl/α,β-unsaturated/α-hetero) is 1. The summed E-state index contributed by atoms with van der Waals surface area (Å²) >= 11 is 0. The molecule has 0 aromatic heterocycles. The van der Waals surface area contributed by atoms with Crippen LogP contribution in [0.1, 0.15) is 36.0 Å². The lowest BCUT2D eigenvalue weighted by atomic mass is 9.94. The zero-order chi connectivity index (χ0) is 16.1. The summed E-state index contributed by atoms with van der Waals surface area (Å²) in [7, 11) is 0. The zero-order valence-electron chi connectivity index (χ0n) is 13.2. The molecule has 1 heterocycles. The van der Waals surface area contributed by atoms with Crippen molar-refractivity contribution in [3.05, 3.63) is 58.4 Å². The summed E-state index contributed by atoms with van der Waals surface area (Å²) in [5.74, 6) is 0.210. The molecule has 0 amide bonds. The van der Waals surface area contributed by atoms with Crippen LogP contribution < -0.4 is 0 Å². The Labute approximate surface area is 134 Å². The van der Waals surface area contributed by atoms with E-state index in [0.29, 0.717) is 12.0 Å². The maximum absolute atomic E-state index is 12.3. The topological polar surface area (TPSA) is 52.6 Å². The number of hydrogen-bond acceptors (Lipinski definition) is 4. The van der Waals surface area contributed by atoms with Crippen LogP contribution in [0.2, 0.25) is 0 Å². The van der Waals surface area contributed by atoms with Crippen LogP contribution in [0.5, 0.6) is 0 Å². The van der Waals surface area contributed by atoms with Gasteiger partial charge >= 0.3 is 5.97 Å². The molecule has 0 N–H and O–H groups in total. The molecule has 4 heteroatoms. The number of ether oxygens (including phenoxy) is 2. The van der Waals surface area contributed by atoms with Crippen LogP contribution in [0.3, 0.4) is 0 Å². The van der Waals surface area contributed by atoms with Gasteiger partial charge in [-0.25, -0.2) is 4.79 Å². The Morgan fingerprint density at radius 3 is 2.74 bits per heavy atom. The van der Waals surface area contributed by atoms with E-state index in [4.69, 9.17) is 9.47 Å². The van der Waals surface area contributed by atoms with Gasteiger partial charge in [-0.15, -0.1) is 0 Å². The first kappa shape index (κ1) is 14.2. The van der Waals surface area contributed by atoms with E-state index in [0.717, 1.165) is 12.0 Å². The third kappa shape index (κ3) is 2.29.